The molecule has 2 N–H and O–H groups in total. The van der Waals surface area contributed by atoms with Gasteiger partial charge in [0, 0.05) is 13.7 Å². The van der Waals surface area contributed by atoms with E-state index in [0.717, 1.165) is 6.42 Å². The smallest absolute Gasteiger partial charge is 0.329 e. The van der Waals surface area contributed by atoms with E-state index in [-0.39, 0.29) is 6.54 Å². The largest absolute Gasteiger partial charge is 0.492 e. The number of methoxy groups -OCH3 is 1. The lowest BCUT2D eigenvalue weighted by Gasteiger charge is -2.06. The molecule has 126 valence electrons. The van der Waals surface area contributed by atoms with E-state index in [4.69, 9.17) is 21.1 Å². The lowest BCUT2D eigenvalue weighted by Crippen LogP contribution is -2.39. The summed E-state index contributed by atoms with van der Waals surface area (Å²) >= 11 is 6.08. The van der Waals surface area contributed by atoms with Crippen LogP contribution in [0.1, 0.15) is 18.9 Å². The number of halogens is 1. The maximum Gasteiger partial charge on any atom is 0.329 e. The third-order valence-electron chi connectivity index (χ3n) is 2.60. The number of benzene rings is 1. The topological polar surface area (TPSA) is 89.0 Å². The molecule has 23 heavy (non-hydrogen) atoms. The van der Waals surface area contributed by atoms with Gasteiger partial charge in [0.2, 0.25) is 0 Å². The van der Waals surface area contributed by atoms with Crippen LogP contribution >= 0.6 is 11.6 Å². The fourth-order valence-corrected chi connectivity index (χ4v) is 1.73. The highest BCUT2D eigenvalue weighted by atomic mass is 35.5. The fraction of sp³-hybridized carbons (Fsp3) is 0.400. The molecule has 0 aromatic heterocycles. The van der Waals surface area contributed by atoms with Crippen molar-refractivity contribution >= 4 is 29.6 Å². The number of hydrazone groups is 1. The molecule has 0 spiro atoms. The van der Waals surface area contributed by atoms with Gasteiger partial charge in [0.15, 0.2) is 0 Å². The average Bonchev–Trinajstić information content (AvgIpc) is 2.54. The summed E-state index contributed by atoms with van der Waals surface area (Å²) in [5.41, 5.74) is 2.80. The molecule has 8 heteroatoms. The zero-order valence-electron chi connectivity index (χ0n) is 13.1. The van der Waals surface area contributed by atoms with Gasteiger partial charge in [-0.1, -0.05) is 18.5 Å². The van der Waals surface area contributed by atoms with Gasteiger partial charge in [-0.25, -0.2) is 5.43 Å². The summed E-state index contributed by atoms with van der Waals surface area (Å²) < 4.78 is 10.2. The molecule has 0 aliphatic heterocycles. The van der Waals surface area contributed by atoms with Gasteiger partial charge in [-0.15, -0.1) is 0 Å². The van der Waals surface area contributed by atoms with E-state index in [2.05, 4.69) is 15.8 Å². The molecule has 0 saturated heterocycles. The highest BCUT2D eigenvalue weighted by Crippen LogP contribution is 2.24. The number of hydrogen-bond donors (Lipinski definition) is 2. The van der Waals surface area contributed by atoms with Crippen LogP contribution in [0.5, 0.6) is 5.75 Å². The minimum atomic E-state index is -0.855. The molecule has 0 bridgehead atoms. The first-order chi connectivity index (χ1) is 11.1. The lowest BCUT2D eigenvalue weighted by atomic mass is 10.2. The zero-order valence-corrected chi connectivity index (χ0v) is 13.9. The van der Waals surface area contributed by atoms with Crippen LogP contribution in [-0.4, -0.2) is 44.9 Å². The summed E-state index contributed by atoms with van der Waals surface area (Å²) in [5.74, 6) is -1.04. The van der Waals surface area contributed by atoms with Crippen molar-refractivity contribution in [1.29, 1.82) is 0 Å². The van der Waals surface area contributed by atoms with Gasteiger partial charge in [0.05, 0.1) is 24.5 Å². The summed E-state index contributed by atoms with van der Waals surface area (Å²) in [7, 11) is 1.50. The van der Waals surface area contributed by atoms with Crippen molar-refractivity contribution < 1.29 is 19.1 Å². The average molecular weight is 342 g/mol. The molecule has 7 nitrogen and oxygen atoms in total. The number of rotatable bonds is 8. The van der Waals surface area contributed by atoms with E-state index < -0.39 is 11.8 Å². The van der Waals surface area contributed by atoms with Crippen LogP contribution in [0.4, 0.5) is 0 Å². The van der Waals surface area contributed by atoms with E-state index in [9.17, 15) is 9.59 Å². The first-order valence-corrected chi connectivity index (χ1v) is 7.48. The third kappa shape index (κ3) is 7.12. The van der Waals surface area contributed by atoms with Crippen molar-refractivity contribution in [3.63, 3.8) is 0 Å². The maximum absolute atomic E-state index is 11.4. The number of hydrogen-bond acceptors (Lipinski definition) is 5. The van der Waals surface area contributed by atoms with Gasteiger partial charge in [0.1, 0.15) is 5.75 Å². The normalized spacial score (nSPS) is 10.6. The Morgan fingerprint density at radius 2 is 2.09 bits per heavy atom. The van der Waals surface area contributed by atoms with Gasteiger partial charge in [0.25, 0.3) is 0 Å². The summed E-state index contributed by atoms with van der Waals surface area (Å²) in [6.07, 6.45) is 2.27. The Balaban J connectivity index is 2.49. The van der Waals surface area contributed by atoms with E-state index >= 15 is 0 Å². The van der Waals surface area contributed by atoms with Gasteiger partial charge in [-0.05, 0) is 30.2 Å². The molecular weight excluding hydrogens is 322 g/mol. The van der Waals surface area contributed by atoms with Crippen LogP contribution in [0.3, 0.4) is 0 Å². The van der Waals surface area contributed by atoms with E-state index in [1.54, 1.807) is 18.2 Å². The minimum Gasteiger partial charge on any atom is -0.492 e. The minimum absolute atomic E-state index is 0.251. The van der Waals surface area contributed by atoms with Gasteiger partial charge < -0.3 is 14.8 Å². The molecule has 0 radical (unpaired) electrons. The van der Waals surface area contributed by atoms with Gasteiger partial charge in [-0.3, -0.25) is 9.59 Å². The second kappa shape index (κ2) is 10.6. The van der Waals surface area contributed by atoms with Crippen molar-refractivity contribution in [2.45, 2.75) is 13.3 Å². The number of carbonyl (C=O) groups is 2. The number of nitrogens with zero attached hydrogens (tertiary/aromatic N) is 1. The molecule has 1 aromatic rings. The van der Waals surface area contributed by atoms with Crippen LogP contribution < -0.4 is 15.5 Å². The Kier molecular flexibility index (Phi) is 8.71. The molecular formula is C15H20ClN3O4. The summed E-state index contributed by atoms with van der Waals surface area (Å²) in [4.78, 5) is 22.8. The van der Waals surface area contributed by atoms with Crippen molar-refractivity contribution in [1.82, 2.24) is 10.7 Å². The molecule has 0 unspecified atom stereocenters. The Labute approximate surface area is 140 Å². The van der Waals surface area contributed by atoms with Crippen LogP contribution in [0.2, 0.25) is 5.02 Å². The predicted octanol–water partition coefficient (Wildman–Crippen LogP) is 1.34. The molecule has 2 amide bonds. The standard InChI is InChI=1S/C15H20ClN3O4/c1-3-7-23-13-5-4-11(9-12(13)16)10-18-19-15(21)14(20)17-6-8-22-2/h4-5,9-10H,3,6-8H2,1-2H3,(H,17,20)(H,19,21)/b18-10-. The van der Waals surface area contributed by atoms with Gasteiger partial charge in [-0.2, -0.15) is 5.10 Å². The van der Waals surface area contributed by atoms with Crippen molar-refractivity contribution in [2.75, 3.05) is 26.9 Å². The van der Waals surface area contributed by atoms with Crippen LogP contribution in [0.25, 0.3) is 0 Å². The molecule has 0 fully saturated rings. The number of nitrogens with one attached hydrogen (secondary N) is 2. The molecule has 0 saturated carbocycles. The summed E-state index contributed by atoms with van der Waals surface area (Å²) in [6.45, 7) is 3.17. The van der Waals surface area contributed by atoms with Crippen LogP contribution in [0, 0.1) is 0 Å². The Hall–Kier alpha value is -2.12. The van der Waals surface area contributed by atoms with Crippen LogP contribution in [-0.2, 0) is 14.3 Å². The monoisotopic (exact) mass is 341 g/mol. The molecule has 0 aliphatic rings. The highest BCUT2D eigenvalue weighted by molar-refractivity contribution is 6.35. The van der Waals surface area contributed by atoms with E-state index in [0.29, 0.717) is 29.5 Å². The first kappa shape index (κ1) is 18.9. The van der Waals surface area contributed by atoms with Crippen LogP contribution in [0.15, 0.2) is 23.3 Å². The Bertz CT molecular complexity index is 564. The van der Waals surface area contributed by atoms with E-state index in [1.807, 2.05) is 6.92 Å². The SMILES string of the molecule is CCCOc1ccc(/C=N\NC(=O)C(=O)NCCOC)cc1Cl. The van der Waals surface area contributed by atoms with Crippen molar-refractivity contribution in [2.24, 2.45) is 5.10 Å². The first-order valence-electron chi connectivity index (χ1n) is 7.11. The molecule has 1 aromatic carbocycles. The fourth-order valence-electron chi connectivity index (χ4n) is 1.49. The maximum atomic E-state index is 11.4. The lowest BCUT2D eigenvalue weighted by molar-refractivity contribution is -0.139. The molecule has 0 atom stereocenters. The second-order valence-corrected chi connectivity index (χ2v) is 4.89. The predicted molar refractivity (Wildman–Crippen MR) is 87.9 cm³/mol. The quantitative estimate of drug-likeness (QED) is 0.323. The van der Waals surface area contributed by atoms with Crippen molar-refractivity contribution in [3.05, 3.63) is 28.8 Å². The number of ether oxygens (including phenoxy) is 2. The third-order valence-corrected chi connectivity index (χ3v) is 2.89. The summed E-state index contributed by atoms with van der Waals surface area (Å²) in [5, 5.41) is 6.54. The number of carbonyl (C=O) groups excluding carboxylic acids is 2. The number of amides is 2. The van der Waals surface area contributed by atoms with Gasteiger partial charge >= 0.3 is 11.8 Å². The molecule has 0 heterocycles. The Morgan fingerprint density at radius 1 is 1.30 bits per heavy atom. The Morgan fingerprint density at radius 3 is 2.74 bits per heavy atom. The molecule has 1 rings (SSSR count). The van der Waals surface area contributed by atoms with Crippen molar-refractivity contribution in [3.8, 4) is 5.75 Å². The second-order valence-electron chi connectivity index (χ2n) is 4.49. The zero-order chi connectivity index (χ0) is 17.1. The van der Waals surface area contributed by atoms with E-state index in [1.165, 1.54) is 13.3 Å². The molecule has 0 aliphatic carbocycles. The summed E-state index contributed by atoms with van der Waals surface area (Å²) in [6, 6.07) is 5.12. The highest BCUT2D eigenvalue weighted by Gasteiger charge is 2.11.